The molecular weight excluding hydrogens is 830 g/mol. The summed E-state index contributed by atoms with van der Waals surface area (Å²) in [6.07, 6.45) is 1.16. The van der Waals surface area contributed by atoms with Crippen LogP contribution in [-0.2, 0) is 0 Å². The van der Waals surface area contributed by atoms with Crippen molar-refractivity contribution in [1.82, 2.24) is 16.0 Å². The number of rotatable bonds is 5. The van der Waals surface area contributed by atoms with Crippen LogP contribution in [0.4, 0.5) is 38.5 Å². The van der Waals surface area contributed by atoms with Gasteiger partial charge in [-0.15, -0.1) is 12.4 Å². The minimum absolute atomic E-state index is 0. The van der Waals surface area contributed by atoms with Crippen molar-refractivity contribution < 1.29 is 46.2 Å². The van der Waals surface area contributed by atoms with Gasteiger partial charge in [0.2, 0.25) is 0 Å². The number of amides is 5. The predicted octanol–water partition coefficient (Wildman–Crippen LogP) is 8.26. The van der Waals surface area contributed by atoms with Crippen molar-refractivity contribution in [1.29, 1.82) is 0 Å². The highest BCUT2D eigenvalue weighted by molar-refractivity contribution is 6.62. The molecule has 5 amide bonds. The molecule has 2 aliphatic heterocycles. The Labute approximate surface area is 339 Å². The normalized spacial score (nSPS) is 14.8. The molecule has 56 heavy (non-hydrogen) atoms. The summed E-state index contributed by atoms with van der Waals surface area (Å²) in [5.41, 5.74) is 7.67. The second-order valence-electron chi connectivity index (χ2n) is 11.5. The van der Waals surface area contributed by atoms with E-state index in [1.54, 1.807) is 18.2 Å². The Kier molecular flexibility index (Phi) is 16.8. The Balaban J connectivity index is 0.000000266. The number of hydrogen-bond acceptors (Lipinski definition) is 7. The molecule has 0 fully saturated rings. The first-order chi connectivity index (χ1) is 26.1. The maximum atomic E-state index is 13.4. The second kappa shape index (κ2) is 20.8. The standard InChI is InChI=1S/C18H16ClF2N3O3.C16H13ClF2N2O2.C2H4ClNO.ClH/c1-22-18(26)24-14-6-7-27-16-10(14)3-4-11(19)15(16)17(25)23-9-2-5-12(20)13(21)8-9;17-10-3-2-9-13(20)5-6-23-15(9)14(10)16(22)21-8-1-4-11(18)12(19)7-8;1-4-2(3)5;/h2-5,8,14H,6-7H2,1H3,(H,23,25)(H2,22,24,26);1-4,7,13H,5-6,20H2,(H,21,22);1H3,(H,4,5);1H/t14-;13-;;/m00../s1. The number of anilines is 2. The molecule has 2 aliphatic rings. The maximum Gasteiger partial charge on any atom is 0.315 e. The zero-order valence-corrected chi connectivity index (χ0v) is 32.4. The van der Waals surface area contributed by atoms with E-state index in [4.69, 9.17) is 50.0 Å². The number of fused-ring (bicyclic) bond motifs is 2. The molecule has 0 bridgehead atoms. The fourth-order valence-corrected chi connectivity index (χ4v) is 5.71. The molecule has 2 heterocycles. The molecule has 7 N–H and O–H groups in total. The molecular formula is C36H34Cl4F4N6O6. The molecule has 2 atom stereocenters. The summed E-state index contributed by atoms with van der Waals surface area (Å²) in [5, 5.41) is 12.2. The smallest absolute Gasteiger partial charge is 0.315 e. The molecule has 0 unspecified atom stereocenters. The number of halogens is 8. The van der Waals surface area contributed by atoms with Crippen LogP contribution in [0.1, 0.15) is 56.8 Å². The average molecular weight is 865 g/mol. The van der Waals surface area contributed by atoms with Gasteiger partial charge in [0.25, 0.3) is 11.8 Å². The minimum Gasteiger partial charge on any atom is -0.492 e. The summed E-state index contributed by atoms with van der Waals surface area (Å²) < 4.78 is 63.8. The van der Waals surface area contributed by atoms with Gasteiger partial charge in [0.05, 0.1) is 29.3 Å². The SMILES string of the molecule is CNC(=O)Cl.CNC(=O)N[C@H]1CCOc2c1ccc(Cl)c2C(=O)Nc1ccc(F)c(F)c1.Cl.N[C@H]1CCOc2c1ccc(Cl)c2C(=O)Nc1ccc(F)c(F)c1. The van der Waals surface area contributed by atoms with Gasteiger partial charge in [0.1, 0.15) is 22.6 Å². The van der Waals surface area contributed by atoms with Gasteiger partial charge in [-0.2, -0.15) is 0 Å². The van der Waals surface area contributed by atoms with Crippen LogP contribution in [-0.4, -0.2) is 50.5 Å². The van der Waals surface area contributed by atoms with E-state index in [-0.39, 0.29) is 75.4 Å². The molecule has 0 aromatic heterocycles. The van der Waals surface area contributed by atoms with Gasteiger partial charge in [-0.1, -0.05) is 35.3 Å². The number of hydrogen-bond donors (Lipinski definition) is 6. The monoisotopic (exact) mass is 862 g/mol. The lowest BCUT2D eigenvalue weighted by molar-refractivity contribution is 0.101. The number of benzene rings is 4. The molecule has 4 aromatic carbocycles. The third-order valence-corrected chi connectivity index (χ3v) is 8.73. The second-order valence-corrected chi connectivity index (χ2v) is 12.7. The van der Waals surface area contributed by atoms with Crippen LogP contribution in [0.3, 0.4) is 0 Å². The summed E-state index contributed by atoms with van der Waals surface area (Å²) in [4.78, 5) is 46.3. The van der Waals surface area contributed by atoms with Crippen LogP contribution < -0.4 is 41.8 Å². The van der Waals surface area contributed by atoms with Crippen LogP contribution in [0.25, 0.3) is 0 Å². The lowest BCUT2D eigenvalue weighted by atomic mass is 9.97. The van der Waals surface area contributed by atoms with Crippen molar-refractivity contribution >= 4 is 81.8 Å². The number of ether oxygens (including phenoxy) is 2. The van der Waals surface area contributed by atoms with Crippen molar-refractivity contribution in [3.8, 4) is 11.5 Å². The van der Waals surface area contributed by atoms with Gasteiger partial charge in [-0.25, -0.2) is 22.4 Å². The lowest BCUT2D eigenvalue weighted by Crippen LogP contribution is -2.38. The number of carbonyl (C=O) groups excluding carboxylic acids is 4. The first-order valence-electron chi connectivity index (χ1n) is 16.2. The summed E-state index contributed by atoms with van der Waals surface area (Å²) in [7, 11) is 2.97. The van der Waals surface area contributed by atoms with Crippen LogP contribution in [0.2, 0.25) is 10.0 Å². The van der Waals surface area contributed by atoms with E-state index in [0.717, 1.165) is 24.3 Å². The number of nitrogens with two attached hydrogens (primary N) is 1. The molecule has 4 aromatic rings. The van der Waals surface area contributed by atoms with Crippen molar-refractivity contribution in [2.75, 3.05) is 37.9 Å². The Hall–Kier alpha value is -5.00. The molecule has 0 saturated heterocycles. The fourth-order valence-electron chi connectivity index (χ4n) is 5.24. The molecule has 0 aliphatic carbocycles. The molecule has 6 rings (SSSR count). The summed E-state index contributed by atoms with van der Waals surface area (Å²) >= 11 is 17.0. The zero-order chi connectivity index (χ0) is 40.4. The van der Waals surface area contributed by atoms with Crippen LogP contribution in [0.5, 0.6) is 11.5 Å². The topological polar surface area (TPSA) is 173 Å². The zero-order valence-electron chi connectivity index (χ0n) is 29.3. The van der Waals surface area contributed by atoms with E-state index in [0.29, 0.717) is 36.3 Å². The first kappa shape index (κ1) is 45.4. The first-order valence-corrected chi connectivity index (χ1v) is 17.3. The van der Waals surface area contributed by atoms with Gasteiger partial charge < -0.3 is 41.8 Å². The molecule has 0 radical (unpaired) electrons. The quantitative estimate of drug-likeness (QED) is 0.0666. The van der Waals surface area contributed by atoms with Crippen molar-refractivity contribution in [2.24, 2.45) is 5.73 Å². The molecule has 0 saturated carbocycles. The van der Waals surface area contributed by atoms with Crippen LogP contribution in [0, 0.1) is 23.3 Å². The number of urea groups is 1. The summed E-state index contributed by atoms with van der Waals surface area (Å²) in [6.45, 7) is 0.646. The van der Waals surface area contributed by atoms with Crippen molar-refractivity contribution in [2.45, 2.75) is 24.9 Å². The molecule has 12 nitrogen and oxygen atoms in total. The Morgan fingerprint density at radius 1 is 0.679 bits per heavy atom. The van der Waals surface area contributed by atoms with Gasteiger partial charge in [0.15, 0.2) is 23.3 Å². The molecule has 0 spiro atoms. The van der Waals surface area contributed by atoms with Crippen molar-refractivity contribution in [3.05, 3.63) is 116 Å². The highest BCUT2D eigenvalue weighted by Gasteiger charge is 2.30. The van der Waals surface area contributed by atoms with Crippen molar-refractivity contribution in [3.63, 3.8) is 0 Å². The largest absolute Gasteiger partial charge is 0.492 e. The number of nitrogens with one attached hydrogen (secondary N) is 5. The van der Waals surface area contributed by atoms with Crippen LogP contribution in [0.15, 0.2) is 60.7 Å². The Morgan fingerprint density at radius 3 is 1.57 bits per heavy atom. The van der Waals surface area contributed by atoms with Crippen LogP contribution >= 0.6 is 47.2 Å². The fraction of sp³-hybridized carbons (Fsp3) is 0.222. The van der Waals surface area contributed by atoms with E-state index >= 15 is 0 Å². The highest BCUT2D eigenvalue weighted by atomic mass is 35.5. The molecule has 300 valence electrons. The minimum atomic E-state index is -1.08. The predicted molar refractivity (Wildman–Crippen MR) is 207 cm³/mol. The van der Waals surface area contributed by atoms with Gasteiger partial charge >= 0.3 is 11.4 Å². The van der Waals surface area contributed by atoms with E-state index in [2.05, 4.69) is 26.6 Å². The van der Waals surface area contributed by atoms with Gasteiger partial charge in [-0.05, 0) is 48.0 Å². The Morgan fingerprint density at radius 2 is 1.12 bits per heavy atom. The van der Waals surface area contributed by atoms with Gasteiger partial charge in [0, 0.05) is 67.6 Å². The van der Waals surface area contributed by atoms with E-state index in [1.807, 2.05) is 0 Å². The summed E-state index contributed by atoms with van der Waals surface area (Å²) in [5.74, 6) is -4.79. The maximum absolute atomic E-state index is 13.4. The van der Waals surface area contributed by atoms with E-state index in [1.165, 1.54) is 32.3 Å². The van der Waals surface area contributed by atoms with E-state index in [9.17, 15) is 36.7 Å². The number of carbonyl (C=O) groups is 4. The highest BCUT2D eigenvalue weighted by Crippen LogP contribution is 2.40. The third-order valence-electron chi connectivity index (χ3n) is 7.92. The lowest BCUT2D eigenvalue weighted by Gasteiger charge is -2.28. The van der Waals surface area contributed by atoms with Gasteiger partial charge in [-0.3, -0.25) is 14.4 Å². The summed E-state index contributed by atoms with van der Waals surface area (Å²) in [6, 6.07) is 11.6. The average Bonchev–Trinajstić information content (AvgIpc) is 3.15. The van der Waals surface area contributed by atoms with E-state index < -0.39 is 40.4 Å². The molecule has 20 heteroatoms. The Bertz CT molecular complexity index is 2100. The third kappa shape index (κ3) is 11.5.